The van der Waals surface area contributed by atoms with Crippen molar-refractivity contribution in [3.8, 4) is 11.8 Å². The third kappa shape index (κ3) is 3.67. The van der Waals surface area contributed by atoms with Gasteiger partial charge >= 0.3 is 0 Å². The Morgan fingerprint density at radius 2 is 2.32 bits per heavy atom. The van der Waals surface area contributed by atoms with Crippen LogP contribution in [-0.4, -0.2) is 24.2 Å². The molecule has 0 saturated carbocycles. The number of fused-ring (bicyclic) bond motifs is 1. The summed E-state index contributed by atoms with van der Waals surface area (Å²) in [7, 11) is 0. The number of benzene rings is 1. The summed E-state index contributed by atoms with van der Waals surface area (Å²) in [5.41, 5.74) is 0.920. The molecule has 1 aromatic heterocycles. The molecule has 4 nitrogen and oxygen atoms in total. The van der Waals surface area contributed by atoms with Gasteiger partial charge in [-0.05, 0) is 24.7 Å². The first kappa shape index (κ1) is 13.3. The highest BCUT2D eigenvalue weighted by molar-refractivity contribution is 5.79. The average Bonchev–Trinajstić information content (AvgIpc) is 2.46. The molecule has 2 rings (SSSR count). The molecule has 1 heterocycles. The number of rotatable bonds is 6. The third-order valence-corrected chi connectivity index (χ3v) is 2.86. The molecule has 0 aliphatic carbocycles. The second-order valence-corrected chi connectivity index (χ2v) is 4.23. The van der Waals surface area contributed by atoms with E-state index in [0.29, 0.717) is 13.0 Å². The Balaban J connectivity index is 1.93. The maximum atomic E-state index is 8.92. The first-order valence-corrected chi connectivity index (χ1v) is 6.44. The molecule has 1 unspecified atom stereocenters. The van der Waals surface area contributed by atoms with E-state index in [0.717, 1.165) is 23.2 Å². The number of nitriles is 1. The van der Waals surface area contributed by atoms with Crippen LogP contribution in [0, 0.1) is 11.3 Å². The van der Waals surface area contributed by atoms with Gasteiger partial charge in [0.2, 0.25) is 0 Å². The van der Waals surface area contributed by atoms with Crippen molar-refractivity contribution in [1.82, 2.24) is 10.3 Å². The molecule has 2 aromatic rings. The normalized spacial score (nSPS) is 12.0. The number of nitrogens with zero attached hydrogens (tertiary/aromatic N) is 2. The Morgan fingerprint density at radius 3 is 3.11 bits per heavy atom. The highest BCUT2D eigenvalue weighted by Gasteiger charge is 2.05. The second-order valence-electron chi connectivity index (χ2n) is 4.23. The van der Waals surface area contributed by atoms with Gasteiger partial charge in [0.05, 0.1) is 24.2 Å². The van der Waals surface area contributed by atoms with Crippen LogP contribution in [0.4, 0.5) is 0 Å². The maximum absolute atomic E-state index is 8.92. The molecule has 1 atom stereocenters. The van der Waals surface area contributed by atoms with Crippen LogP contribution in [0.15, 0.2) is 36.5 Å². The highest BCUT2D eigenvalue weighted by Crippen LogP contribution is 2.18. The van der Waals surface area contributed by atoms with Crippen LogP contribution in [0.5, 0.6) is 5.75 Å². The summed E-state index contributed by atoms with van der Waals surface area (Å²) in [6, 6.07) is 11.8. The van der Waals surface area contributed by atoms with Gasteiger partial charge in [-0.3, -0.25) is 4.98 Å². The van der Waals surface area contributed by atoms with Crippen LogP contribution in [0.1, 0.15) is 13.3 Å². The van der Waals surface area contributed by atoms with E-state index in [9.17, 15) is 0 Å². The van der Waals surface area contributed by atoms with Crippen molar-refractivity contribution in [1.29, 1.82) is 5.26 Å². The van der Waals surface area contributed by atoms with E-state index >= 15 is 0 Å². The third-order valence-electron chi connectivity index (χ3n) is 2.86. The topological polar surface area (TPSA) is 57.9 Å². The van der Waals surface area contributed by atoms with E-state index < -0.39 is 0 Å². The first-order chi connectivity index (χ1) is 9.33. The van der Waals surface area contributed by atoms with Crippen molar-refractivity contribution in [3.05, 3.63) is 36.5 Å². The smallest absolute Gasteiger partial charge is 0.121 e. The molecule has 0 saturated heterocycles. The zero-order chi connectivity index (χ0) is 13.5. The predicted octanol–water partition coefficient (Wildman–Crippen LogP) is 2.51. The van der Waals surface area contributed by atoms with Gasteiger partial charge in [0.1, 0.15) is 5.75 Å². The Hall–Kier alpha value is -2.12. The zero-order valence-corrected chi connectivity index (χ0v) is 11.0. The summed E-state index contributed by atoms with van der Waals surface area (Å²) in [6.45, 7) is 3.29. The number of nitrogens with one attached hydrogen (secondary N) is 1. The molecule has 0 bridgehead atoms. The summed E-state index contributed by atoms with van der Waals surface area (Å²) >= 11 is 0. The fraction of sp³-hybridized carbons (Fsp3) is 0.333. The van der Waals surface area contributed by atoms with Gasteiger partial charge < -0.3 is 10.1 Å². The number of ether oxygens (including phenoxy) is 1. The minimum absolute atomic E-state index is 0.149. The Kier molecular flexibility index (Phi) is 4.71. The van der Waals surface area contributed by atoms with E-state index in [1.54, 1.807) is 6.20 Å². The van der Waals surface area contributed by atoms with Crippen LogP contribution in [-0.2, 0) is 0 Å². The van der Waals surface area contributed by atoms with Crippen molar-refractivity contribution >= 4 is 10.9 Å². The van der Waals surface area contributed by atoms with Crippen LogP contribution in [0.25, 0.3) is 10.9 Å². The lowest BCUT2D eigenvalue weighted by molar-refractivity contribution is 0.299. The molecule has 0 aliphatic rings. The predicted molar refractivity (Wildman–Crippen MR) is 74.9 cm³/mol. The highest BCUT2D eigenvalue weighted by atomic mass is 16.5. The number of pyridine rings is 1. The van der Waals surface area contributed by atoms with Gasteiger partial charge in [-0.25, -0.2) is 0 Å². The van der Waals surface area contributed by atoms with Crippen LogP contribution in [0.2, 0.25) is 0 Å². The SMILES string of the molecule is CCNC(C#N)CCOc1ccc2cccnc2c1. The van der Waals surface area contributed by atoms with E-state index in [4.69, 9.17) is 10.00 Å². The van der Waals surface area contributed by atoms with Crippen molar-refractivity contribution in [3.63, 3.8) is 0 Å². The molecular formula is C15H17N3O. The number of aromatic nitrogens is 1. The second kappa shape index (κ2) is 6.72. The molecule has 19 heavy (non-hydrogen) atoms. The lowest BCUT2D eigenvalue weighted by atomic mass is 10.2. The van der Waals surface area contributed by atoms with Crippen molar-refractivity contribution < 1.29 is 4.74 Å². The molecule has 0 aliphatic heterocycles. The lowest BCUT2D eigenvalue weighted by Gasteiger charge is -2.11. The van der Waals surface area contributed by atoms with Gasteiger partial charge in [-0.15, -0.1) is 0 Å². The van der Waals surface area contributed by atoms with Gasteiger partial charge in [0, 0.05) is 24.1 Å². The molecule has 0 amide bonds. The van der Waals surface area contributed by atoms with Gasteiger partial charge in [-0.1, -0.05) is 13.0 Å². The summed E-state index contributed by atoms with van der Waals surface area (Å²) in [6.07, 6.45) is 2.44. The average molecular weight is 255 g/mol. The molecule has 4 heteroatoms. The number of hydrogen-bond donors (Lipinski definition) is 1. The summed E-state index contributed by atoms with van der Waals surface area (Å²) in [5.74, 6) is 0.791. The van der Waals surface area contributed by atoms with Crippen molar-refractivity contribution in [2.45, 2.75) is 19.4 Å². The minimum Gasteiger partial charge on any atom is -0.493 e. The van der Waals surface area contributed by atoms with Crippen molar-refractivity contribution in [2.24, 2.45) is 0 Å². The largest absolute Gasteiger partial charge is 0.493 e. The fourth-order valence-electron chi connectivity index (χ4n) is 1.89. The fourth-order valence-corrected chi connectivity index (χ4v) is 1.89. The van der Waals surface area contributed by atoms with E-state index in [-0.39, 0.29) is 6.04 Å². The standard InChI is InChI=1S/C15H17N3O/c1-2-17-13(11-16)7-9-19-14-6-5-12-4-3-8-18-15(12)10-14/h3-6,8,10,13,17H,2,7,9H2,1H3. The summed E-state index contributed by atoms with van der Waals surface area (Å²) in [4.78, 5) is 4.29. The molecule has 0 radical (unpaired) electrons. The van der Waals surface area contributed by atoms with Crippen LogP contribution < -0.4 is 10.1 Å². The van der Waals surface area contributed by atoms with Crippen LogP contribution in [0.3, 0.4) is 0 Å². The van der Waals surface area contributed by atoms with Crippen molar-refractivity contribution in [2.75, 3.05) is 13.2 Å². The molecule has 1 aromatic carbocycles. The zero-order valence-electron chi connectivity index (χ0n) is 11.0. The lowest BCUT2D eigenvalue weighted by Crippen LogP contribution is -2.28. The Labute approximate surface area is 113 Å². The summed E-state index contributed by atoms with van der Waals surface area (Å²) in [5, 5.41) is 13.1. The minimum atomic E-state index is -0.149. The van der Waals surface area contributed by atoms with E-state index in [1.165, 1.54) is 0 Å². The molecule has 0 fully saturated rings. The number of hydrogen-bond acceptors (Lipinski definition) is 4. The maximum Gasteiger partial charge on any atom is 0.121 e. The molecular weight excluding hydrogens is 238 g/mol. The van der Waals surface area contributed by atoms with E-state index in [1.807, 2.05) is 37.3 Å². The Bertz CT molecular complexity index is 577. The van der Waals surface area contributed by atoms with Gasteiger partial charge in [-0.2, -0.15) is 5.26 Å². The van der Waals surface area contributed by atoms with Crippen LogP contribution >= 0.6 is 0 Å². The van der Waals surface area contributed by atoms with E-state index in [2.05, 4.69) is 16.4 Å². The molecule has 0 spiro atoms. The van der Waals surface area contributed by atoms with Gasteiger partial charge in [0.15, 0.2) is 0 Å². The van der Waals surface area contributed by atoms with Gasteiger partial charge in [0.25, 0.3) is 0 Å². The summed E-state index contributed by atoms with van der Waals surface area (Å²) < 4.78 is 5.66. The first-order valence-electron chi connectivity index (χ1n) is 6.44. The Morgan fingerprint density at radius 1 is 1.42 bits per heavy atom. The quantitative estimate of drug-likeness (QED) is 0.861. The molecule has 1 N–H and O–H groups in total. The monoisotopic (exact) mass is 255 g/mol. The molecule has 98 valence electrons.